The number of nitrogens with zero attached hydrogens (tertiary/aromatic N) is 2. The number of carbonyl (C=O) groups is 3. The molecular weight excluding hydrogens is 398 g/mol. The summed E-state index contributed by atoms with van der Waals surface area (Å²) in [7, 11) is 4.73. The van der Waals surface area contributed by atoms with E-state index in [9.17, 15) is 14.4 Å². The quantitative estimate of drug-likeness (QED) is 0.657. The number of benzene rings is 2. The van der Waals surface area contributed by atoms with Crippen molar-refractivity contribution in [3.63, 3.8) is 0 Å². The van der Waals surface area contributed by atoms with Gasteiger partial charge in [0.1, 0.15) is 23.6 Å². The van der Waals surface area contributed by atoms with Gasteiger partial charge in [0.15, 0.2) is 0 Å². The van der Waals surface area contributed by atoms with Crippen LogP contribution in [0.15, 0.2) is 48.5 Å². The normalized spacial score (nSPS) is 18.0. The molecule has 0 aliphatic carbocycles. The van der Waals surface area contributed by atoms with Crippen molar-refractivity contribution in [3.8, 4) is 11.5 Å². The predicted molar refractivity (Wildman–Crippen MR) is 115 cm³/mol. The first kappa shape index (κ1) is 22.1. The number of likely N-dealkylation sites (N-methyl/N-ethyl adjacent to an activating group) is 1. The molecule has 1 saturated heterocycles. The third-order valence-corrected chi connectivity index (χ3v) is 5.59. The Hall–Kier alpha value is -3.55. The van der Waals surface area contributed by atoms with Gasteiger partial charge in [-0.2, -0.15) is 0 Å². The van der Waals surface area contributed by atoms with Crippen LogP contribution in [0, 0.1) is 0 Å². The zero-order chi connectivity index (χ0) is 22.6. The summed E-state index contributed by atoms with van der Waals surface area (Å²) in [5.41, 5.74) is 0.321. The van der Waals surface area contributed by atoms with Gasteiger partial charge in [-0.25, -0.2) is 4.79 Å². The summed E-state index contributed by atoms with van der Waals surface area (Å²) in [6, 6.07) is 13.8. The van der Waals surface area contributed by atoms with E-state index in [1.165, 1.54) is 4.90 Å². The van der Waals surface area contributed by atoms with Crippen molar-refractivity contribution < 1.29 is 23.9 Å². The van der Waals surface area contributed by atoms with Crippen LogP contribution in [0.1, 0.15) is 24.5 Å². The maximum Gasteiger partial charge on any atom is 0.325 e. The SMILES string of the molecule is CC[C@]1(c2ccccc2)NC(=O)N(CC(=O)N(C)Cc2ccc(OC)cc2OC)C1=O. The van der Waals surface area contributed by atoms with Crippen molar-refractivity contribution in [3.05, 3.63) is 59.7 Å². The molecule has 4 amide bonds. The Bertz CT molecular complexity index is 978. The minimum absolute atomic E-state index is 0.257. The highest BCUT2D eigenvalue weighted by molar-refractivity contribution is 6.09. The lowest BCUT2D eigenvalue weighted by Crippen LogP contribution is -2.45. The third-order valence-electron chi connectivity index (χ3n) is 5.59. The fourth-order valence-electron chi connectivity index (χ4n) is 3.71. The first-order valence-electron chi connectivity index (χ1n) is 10.0. The highest BCUT2D eigenvalue weighted by atomic mass is 16.5. The van der Waals surface area contributed by atoms with Gasteiger partial charge in [0.2, 0.25) is 5.91 Å². The number of carbonyl (C=O) groups excluding carboxylic acids is 3. The molecule has 164 valence electrons. The van der Waals surface area contributed by atoms with Gasteiger partial charge in [0.05, 0.1) is 14.2 Å². The number of hydrogen-bond acceptors (Lipinski definition) is 5. The number of hydrogen-bond donors (Lipinski definition) is 1. The van der Waals surface area contributed by atoms with Crippen molar-refractivity contribution in [1.82, 2.24) is 15.1 Å². The van der Waals surface area contributed by atoms with E-state index in [0.717, 1.165) is 10.5 Å². The van der Waals surface area contributed by atoms with Crippen molar-refractivity contribution in [2.75, 3.05) is 27.8 Å². The third kappa shape index (κ3) is 4.19. The van der Waals surface area contributed by atoms with Gasteiger partial charge in [0, 0.05) is 25.2 Å². The predicted octanol–water partition coefficient (Wildman–Crippen LogP) is 2.52. The summed E-state index contributed by atoms with van der Waals surface area (Å²) in [6.45, 7) is 1.75. The van der Waals surface area contributed by atoms with Crippen LogP contribution in [0.4, 0.5) is 4.79 Å². The Balaban J connectivity index is 1.74. The number of imide groups is 1. The Kier molecular flexibility index (Phi) is 6.48. The van der Waals surface area contributed by atoms with Gasteiger partial charge in [-0.3, -0.25) is 14.5 Å². The van der Waals surface area contributed by atoms with E-state index in [2.05, 4.69) is 5.32 Å². The number of nitrogens with one attached hydrogen (secondary N) is 1. The highest BCUT2D eigenvalue weighted by Crippen LogP contribution is 2.32. The van der Waals surface area contributed by atoms with E-state index >= 15 is 0 Å². The fraction of sp³-hybridized carbons (Fsp3) is 0.348. The molecule has 0 bridgehead atoms. The molecular formula is C23H27N3O5. The van der Waals surface area contributed by atoms with Gasteiger partial charge in [0.25, 0.3) is 5.91 Å². The number of amides is 4. The van der Waals surface area contributed by atoms with Crippen LogP contribution in [0.2, 0.25) is 0 Å². The molecule has 1 atom stereocenters. The smallest absolute Gasteiger partial charge is 0.325 e. The van der Waals surface area contributed by atoms with Crippen LogP contribution in [0.3, 0.4) is 0 Å². The molecule has 3 rings (SSSR count). The Morgan fingerprint density at radius 2 is 1.81 bits per heavy atom. The van der Waals surface area contributed by atoms with E-state index in [1.807, 2.05) is 31.2 Å². The van der Waals surface area contributed by atoms with E-state index in [1.54, 1.807) is 45.5 Å². The summed E-state index contributed by atoms with van der Waals surface area (Å²) in [4.78, 5) is 41.1. The maximum absolute atomic E-state index is 13.2. The minimum Gasteiger partial charge on any atom is -0.497 e. The number of rotatable bonds is 8. The second-order valence-corrected chi connectivity index (χ2v) is 7.37. The number of ether oxygens (including phenoxy) is 2. The molecule has 0 saturated carbocycles. The molecule has 2 aromatic carbocycles. The molecule has 31 heavy (non-hydrogen) atoms. The van der Waals surface area contributed by atoms with Crippen LogP contribution in [0.25, 0.3) is 0 Å². The van der Waals surface area contributed by atoms with Crippen molar-refractivity contribution >= 4 is 17.8 Å². The number of methoxy groups -OCH3 is 2. The first-order valence-corrected chi connectivity index (χ1v) is 10.0. The van der Waals surface area contributed by atoms with Gasteiger partial charge >= 0.3 is 6.03 Å². The van der Waals surface area contributed by atoms with Crippen LogP contribution in [-0.2, 0) is 21.7 Å². The Morgan fingerprint density at radius 3 is 2.42 bits per heavy atom. The Labute approximate surface area is 181 Å². The maximum atomic E-state index is 13.2. The van der Waals surface area contributed by atoms with Crippen LogP contribution >= 0.6 is 0 Å². The zero-order valence-corrected chi connectivity index (χ0v) is 18.2. The largest absolute Gasteiger partial charge is 0.497 e. The average molecular weight is 425 g/mol. The molecule has 0 radical (unpaired) electrons. The molecule has 1 aliphatic heterocycles. The highest BCUT2D eigenvalue weighted by Gasteiger charge is 2.51. The second kappa shape index (κ2) is 9.07. The van der Waals surface area contributed by atoms with E-state index < -0.39 is 17.5 Å². The molecule has 1 fully saturated rings. The first-order chi connectivity index (χ1) is 14.9. The van der Waals surface area contributed by atoms with Crippen molar-refractivity contribution in [1.29, 1.82) is 0 Å². The summed E-state index contributed by atoms with van der Waals surface area (Å²) in [6.07, 6.45) is 0.380. The monoisotopic (exact) mass is 425 g/mol. The van der Waals surface area contributed by atoms with Crippen molar-refractivity contribution in [2.45, 2.75) is 25.4 Å². The minimum atomic E-state index is -1.16. The lowest BCUT2D eigenvalue weighted by atomic mass is 9.87. The molecule has 8 nitrogen and oxygen atoms in total. The molecule has 1 aliphatic rings. The van der Waals surface area contributed by atoms with E-state index in [-0.39, 0.29) is 19.0 Å². The van der Waals surface area contributed by atoms with Crippen molar-refractivity contribution in [2.24, 2.45) is 0 Å². The number of urea groups is 1. The second-order valence-electron chi connectivity index (χ2n) is 7.37. The van der Waals surface area contributed by atoms with E-state index in [4.69, 9.17) is 9.47 Å². The summed E-state index contributed by atoms with van der Waals surface area (Å²) in [5.74, 6) is 0.449. The molecule has 0 spiro atoms. The summed E-state index contributed by atoms with van der Waals surface area (Å²) >= 11 is 0. The zero-order valence-electron chi connectivity index (χ0n) is 18.2. The lowest BCUT2D eigenvalue weighted by molar-refractivity contribution is -0.138. The fourth-order valence-corrected chi connectivity index (χ4v) is 3.71. The topological polar surface area (TPSA) is 88.2 Å². The molecule has 1 heterocycles. The molecule has 0 aromatic heterocycles. The molecule has 8 heteroatoms. The Morgan fingerprint density at radius 1 is 1.10 bits per heavy atom. The van der Waals surface area contributed by atoms with Gasteiger partial charge in [-0.1, -0.05) is 37.3 Å². The van der Waals surface area contributed by atoms with Gasteiger partial charge in [-0.15, -0.1) is 0 Å². The summed E-state index contributed by atoms with van der Waals surface area (Å²) < 4.78 is 10.6. The van der Waals surface area contributed by atoms with Crippen LogP contribution in [0.5, 0.6) is 11.5 Å². The molecule has 1 N–H and O–H groups in total. The standard InChI is InChI=1S/C23H27N3O5/c1-5-23(17-9-7-6-8-10-17)21(28)26(22(29)24-23)15-20(27)25(2)14-16-11-12-18(30-3)13-19(16)31-4/h6-13H,5,14-15H2,1-4H3,(H,24,29)/t23-/m1/s1. The van der Waals surface area contributed by atoms with Crippen LogP contribution < -0.4 is 14.8 Å². The van der Waals surface area contributed by atoms with Gasteiger partial charge < -0.3 is 19.7 Å². The lowest BCUT2D eigenvalue weighted by Gasteiger charge is -2.26. The van der Waals surface area contributed by atoms with E-state index in [0.29, 0.717) is 23.5 Å². The average Bonchev–Trinajstić information content (AvgIpc) is 3.04. The summed E-state index contributed by atoms with van der Waals surface area (Å²) in [5, 5.41) is 2.79. The molecule has 2 aromatic rings. The van der Waals surface area contributed by atoms with Crippen LogP contribution in [-0.4, -0.2) is 55.5 Å². The van der Waals surface area contributed by atoms with Gasteiger partial charge in [-0.05, 0) is 24.1 Å². The molecule has 0 unspecified atom stereocenters.